The zero-order chi connectivity index (χ0) is 15.4. The first kappa shape index (κ1) is 15.8. The molecule has 2 aromatic rings. The summed E-state index contributed by atoms with van der Waals surface area (Å²) in [6, 6.07) is 11.8. The standard InChI is InChI=1S/C15H14Cl2N2O2/c16-12-3-6-14(15(17)8-12)11(9-18)7-10-1-4-13(5-2-10)19(20)21/h1-6,8,11H,7,9,18H2. The summed E-state index contributed by atoms with van der Waals surface area (Å²) < 4.78 is 0. The van der Waals surface area contributed by atoms with E-state index in [9.17, 15) is 10.1 Å². The van der Waals surface area contributed by atoms with E-state index in [1.54, 1.807) is 24.3 Å². The van der Waals surface area contributed by atoms with Crippen molar-refractivity contribution in [1.29, 1.82) is 0 Å². The molecule has 0 saturated carbocycles. The number of hydrogen-bond donors (Lipinski definition) is 1. The van der Waals surface area contributed by atoms with E-state index in [4.69, 9.17) is 28.9 Å². The molecule has 0 radical (unpaired) electrons. The van der Waals surface area contributed by atoms with Crippen LogP contribution in [0.2, 0.25) is 10.0 Å². The minimum atomic E-state index is -0.416. The topological polar surface area (TPSA) is 69.2 Å². The molecule has 0 saturated heterocycles. The summed E-state index contributed by atoms with van der Waals surface area (Å²) in [6.45, 7) is 0.429. The Bertz CT molecular complexity index is 645. The lowest BCUT2D eigenvalue weighted by atomic mass is 9.92. The van der Waals surface area contributed by atoms with Crippen LogP contribution < -0.4 is 5.73 Å². The van der Waals surface area contributed by atoms with Gasteiger partial charge in [0.05, 0.1) is 4.92 Å². The normalized spacial score (nSPS) is 12.1. The first-order valence-corrected chi connectivity index (χ1v) is 7.15. The predicted molar refractivity (Wildman–Crippen MR) is 85.1 cm³/mol. The molecule has 0 heterocycles. The highest BCUT2D eigenvalue weighted by molar-refractivity contribution is 6.35. The van der Waals surface area contributed by atoms with Gasteiger partial charge in [0, 0.05) is 28.1 Å². The van der Waals surface area contributed by atoms with Crippen LogP contribution in [0.3, 0.4) is 0 Å². The molecular weight excluding hydrogens is 311 g/mol. The Morgan fingerprint density at radius 2 is 1.81 bits per heavy atom. The van der Waals surface area contributed by atoms with Gasteiger partial charge in [0.15, 0.2) is 0 Å². The fourth-order valence-corrected chi connectivity index (χ4v) is 2.75. The fraction of sp³-hybridized carbons (Fsp3) is 0.200. The summed E-state index contributed by atoms with van der Waals surface area (Å²) in [4.78, 5) is 10.2. The third kappa shape index (κ3) is 3.94. The molecule has 4 nitrogen and oxygen atoms in total. The van der Waals surface area contributed by atoms with E-state index >= 15 is 0 Å². The van der Waals surface area contributed by atoms with Crippen LogP contribution in [0.5, 0.6) is 0 Å². The SMILES string of the molecule is NCC(Cc1ccc([N+](=O)[O-])cc1)c1ccc(Cl)cc1Cl. The lowest BCUT2D eigenvalue weighted by Gasteiger charge is -2.17. The second kappa shape index (κ2) is 6.89. The van der Waals surface area contributed by atoms with Crippen LogP contribution in [-0.4, -0.2) is 11.5 Å². The molecule has 1 unspecified atom stereocenters. The number of rotatable bonds is 5. The summed E-state index contributed by atoms with van der Waals surface area (Å²) in [6.07, 6.45) is 0.663. The first-order valence-electron chi connectivity index (χ1n) is 6.39. The fourth-order valence-electron chi connectivity index (χ4n) is 2.19. The van der Waals surface area contributed by atoms with E-state index in [-0.39, 0.29) is 11.6 Å². The van der Waals surface area contributed by atoms with Crippen LogP contribution >= 0.6 is 23.2 Å². The maximum absolute atomic E-state index is 10.6. The van der Waals surface area contributed by atoms with Crippen molar-refractivity contribution in [1.82, 2.24) is 0 Å². The van der Waals surface area contributed by atoms with Crippen LogP contribution in [0.25, 0.3) is 0 Å². The zero-order valence-corrected chi connectivity index (χ0v) is 12.6. The monoisotopic (exact) mass is 324 g/mol. The van der Waals surface area contributed by atoms with Gasteiger partial charge in [-0.25, -0.2) is 0 Å². The molecule has 21 heavy (non-hydrogen) atoms. The van der Waals surface area contributed by atoms with Crippen molar-refractivity contribution in [2.75, 3.05) is 6.54 Å². The molecule has 110 valence electrons. The molecule has 0 aromatic heterocycles. The largest absolute Gasteiger partial charge is 0.330 e. The van der Waals surface area contributed by atoms with Gasteiger partial charge in [0.2, 0.25) is 0 Å². The molecule has 2 N–H and O–H groups in total. The van der Waals surface area contributed by atoms with Crippen LogP contribution in [0, 0.1) is 10.1 Å². The van der Waals surface area contributed by atoms with E-state index in [0.29, 0.717) is 23.0 Å². The second-order valence-electron chi connectivity index (χ2n) is 4.73. The van der Waals surface area contributed by atoms with Gasteiger partial charge in [-0.3, -0.25) is 10.1 Å². The zero-order valence-electron chi connectivity index (χ0n) is 11.1. The van der Waals surface area contributed by atoms with E-state index in [2.05, 4.69) is 0 Å². The quantitative estimate of drug-likeness (QED) is 0.662. The van der Waals surface area contributed by atoms with Gasteiger partial charge in [0.25, 0.3) is 5.69 Å². The van der Waals surface area contributed by atoms with E-state index < -0.39 is 4.92 Å². The van der Waals surface area contributed by atoms with Gasteiger partial charge in [0.1, 0.15) is 0 Å². The number of benzene rings is 2. The predicted octanol–water partition coefficient (Wildman–Crippen LogP) is 4.19. The lowest BCUT2D eigenvalue weighted by Crippen LogP contribution is -2.15. The van der Waals surface area contributed by atoms with E-state index in [1.807, 2.05) is 6.07 Å². The number of nitro benzene ring substituents is 1. The average Bonchev–Trinajstić information content (AvgIpc) is 2.46. The molecule has 0 aliphatic rings. The Balaban J connectivity index is 2.20. The van der Waals surface area contributed by atoms with Crippen LogP contribution in [0.1, 0.15) is 17.0 Å². The molecule has 1 atom stereocenters. The van der Waals surface area contributed by atoms with Crippen molar-refractivity contribution in [3.63, 3.8) is 0 Å². The third-order valence-corrected chi connectivity index (χ3v) is 3.88. The van der Waals surface area contributed by atoms with Gasteiger partial charge in [-0.1, -0.05) is 41.4 Å². The molecule has 0 aliphatic heterocycles. The molecule has 2 aromatic carbocycles. The molecule has 0 fully saturated rings. The highest BCUT2D eigenvalue weighted by Crippen LogP contribution is 2.29. The molecule has 0 amide bonds. The van der Waals surface area contributed by atoms with Crippen molar-refractivity contribution in [3.05, 3.63) is 73.8 Å². The lowest BCUT2D eigenvalue weighted by molar-refractivity contribution is -0.384. The first-order chi connectivity index (χ1) is 10.0. The van der Waals surface area contributed by atoms with Crippen molar-refractivity contribution in [2.24, 2.45) is 5.73 Å². The van der Waals surface area contributed by atoms with E-state index in [1.165, 1.54) is 12.1 Å². The van der Waals surface area contributed by atoms with Gasteiger partial charge in [-0.2, -0.15) is 0 Å². The van der Waals surface area contributed by atoms with Crippen molar-refractivity contribution in [2.45, 2.75) is 12.3 Å². The van der Waals surface area contributed by atoms with Crippen LogP contribution in [0.15, 0.2) is 42.5 Å². The summed E-state index contributed by atoms with van der Waals surface area (Å²) in [7, 11) is 0. The molecule has 6 heteroatoms. The number of halogens is 2. The summed E-state index contributed by atoms with van der Waals surface area (Å²) >= 11 is 12.1. The second-order valence-corrected chi connectivity index (χ2v) is 5.57. The van der Waals surface area contributed by atoms with Gasteiger partial charge in [-0.15, -0.1) is 0 Å². The van der Waals surface area contributed by atoms with Crippen LogP contribution in [-0.2, 0) is 6.42 Å². The van der Waals surface area contributed by atoms with Gasteiger partial charge < -0.3 is 5.73 Å². The summed E-state index contributed by atoms with van der Waals surface area (Å²) in [5.74, 6) is 0.0382. The highest BCUT2D eigenvalue weighted by atomic mass is 35.5. The highest BCUT2D eigenvalue weighted by Gasteiger charge is 2.15. The Labute approximate surface area is 132 Å². The molecule has 0 aliphatic carbocycles. The Morgan fingerprint density at radius 1 is 1.14 bits per heavy atom. The average molecular weight is 325 g/mol. The minimum absolute atomic E-state index is 0.0382. The summed E-state index contributed by atoms with van der Waals surface area (Å²) in [5, 5.41) is 11.8. The molecule has 2 rings (SSSR count). The minimum Gasteiger partial charge on any atom is -0.330 e. The number of non-ortho nitro benzene ring substituents is 1. The van der Waals surface area contributed by atoms with Gasteiger partial charge >= 0.3 is 0 Å². The number of nitro groups is 1. The Hall–Kier alpha value is -1.62. The number of nitrogens with zero attached hydrogens (tertiary/aromatic N) is 1. The number of nitrogens with two attached hydrogens (primary N) is 1. The Kier molecular flexibility index (Phi) is 5.17. The smallest absolute Gasteiger partial charge is 0.269 e. The molecule has 0 spiro atoms. The Morgan fingerprint density at radius 3 is 2.33 bits per heavy atom. The number of hydrogen-bond acceptors (Lipinski definition) is 3. The third-order valence-electron chi connectivity index (χ3n) is 3.32. The van der Waals surface area contributed by atoms with Crippen LogP contribution in [0.4, 0.5) is 5.69 Å². The molecule has 0 bridgehead atoms. The van der Waals surface area contributed by atoms with Gasteiger partial charge in [-0.05, 0) is 36.2 Å². The van der Waals surface area contributed by atoms with Crippen molar-refractivity contribution >= 4 is 28.9 Å². The maximum atomic E-state index is 10.6. The van der Waals surface area contributed by atoms with E-state index in [0.717, 1.165) is 11.1 Å². The molecular formula is C15H14Cl2N2O2. The maximum Gasteiger partial charge on any atom is 0.269 e. The van der Waals surface area contributed by atoms with Crippen molar-refractivity contribution in [3.8, 4) is 0 Å². The summed E-state index contributed by atoms with van der Waals surface area (Å²) in [5.41, 5.74) is 7.82. The van der Waals surface area contributed by atoms with Crippen molar-refractivity contribution < 1.29 is 4.92 Å².